The van der Waals surface area contributed by atoms with E-state index in [-0.39, 0.29) is 31.3 Å². The zero-order valence-electron chi connectivity index (χ0n) is 22.1. The summed E-state index contributed by atoms with van der Waals surface area (Å²) in [5.41, 5.74) is 6.76. The molecule has 4 N–H and O–H groups in total. The van der Waals surface area contributed by atoms with Crippen molar-refractivity contribution < 1.29 is 29.0 Å². The Kier molecular flexibility index (Phi) is 6.10. The van der Waals surface area contributed by atoms with Crippen LogP contribution in [0.3, 0.4) is 0 Å². The second kappa shape index (κ2) is 9.67. The first kappa shape index (κ1) is 25.9. The van der Waals surface area contributed by atoms with E-state index in [0.29, 0.717) is 28.2 Å². The lowest BCUT2D eigenvalue weighted by Gasteiger charge is -2.32. The third-order valence-corrected chi connectivity index (χ3v) is 7.67. The van der Waals surface area contributed by atoms with Crippen LogP contribution in [0.25, 0.3) is 10.8 Å². The summed E-state index contributed by atoms with van der Waals surface area (Å²) >= 11 is 0. The Hall–Kier alpha value is -5.38. The van der Waals surface area contributed by atoms with Gasteiger partial charge in [0.2, 0.25) is 6.79 Å². The number of hydrogen-bond donors (Lipinski definition) is 3. The number of ether oxygens (including phenoxy) is 2. The summed E-state index contributed by atoms with van der Waals surface area (Å²) in [6.07, 6.45) is 0. The minimum Gasteiger partial charge on any atom is -0.478 e. The Morgan fingerprint density at radius 1 is 0.902 bits per heavy atom. The summed E-state index contributed by atoms with van der Waals surface area (Å²) in [6.45, 7) is 1.77. The van der Waals surface area contributed by atoms with Gasteiger partial charge in [-0.3, -0.25) is 15.1 Å². The number of nitrogens with two attached hydrogens (primary N) is 1. The van der Waals surface area contributed by atoms with Crippen molar-refractivity contribution >= 4 is 34.5 Å². The van der Waals surface area contributed by atoms with E-state index >= 15 is 0 Å². The Labute approximate surface area is 235 Å². The molecule has 0 aliphatic carbocycles. The second-order valence-corrected chi connectivity index (χ2v) is 10.2. The van der Waals surface area contributed by atoms with E-state index in [1.807, 2.05) is 24.3 Å². The third kappa shape index (κ3) is 4.39. The van der Waals surface area contributed by atoms with Gasteiger partial charge >= 0.3 is 12.0 Å². The van der Waals surface area contributed by atoms with Gasteiger partial charge < -0.3 is 25.2 Å². The van der Waals surface area contributed by atoms with Gasteiger partial charge in [-0.1, -0.05) is 42.5 Å². The van der Waals surface area contributed by atoms with Crippen molar-refractivity contribution in [2.24, 2.45) is 5.73 Å². The molecular weight excluding hydrogens is 524 g/mol. The van der Waals surface area contributed by atoms with Gasteiger partial charge in [0.05, 0.1) is 12.1 Å². The quantitative estimate of drug-likeness (QED) is 0.175. The van der Waals surface area contributed by atoms with Crippen LogP contribution in [0, 0.1) is 5.41 Å². The number of carboxylic acids is 1. The number of rotatable bonds is 7. The number of nitrogens with one attached hydrogen (secondary N) is 1. The Bertz CT molecular complexity index is 1770. The Morgan fingerprint density at radius 2 is 1.66 bits per heavy atom. The molecule has 1 fully saturated rings. The first-order valence-corrected chi connectivity index (χ1v) is 12.9. The molecule has 0 bridgehead atoms. The number of carboxylic acid groups (broad SMARTS) is 1. The third-order valence-electron chi connectivity index (χ3n) is 7.67. The van der Waals surface area contributed by atoms with Crippen LogP contribution >= 0.6 is 0 Å². The number of benzene rings is 4. The molecule has 0 radical (unpaired) electrons. The van der Waals surface area contributed by atoms with Crippen molar-refractivity contribution in [1.82, 2.24) is 9.80 Å². The standard InChI is InChI=1S/C31H26N4O6/c1-31(24-9-10-25-26(14-24)41-17-40-25)29(38)34(30(39)35(31)16-18-3-2-4-22(11-18)28(36)37)15-19-5-6-20-7-8-21(27(32)33)13-23(20)12-19/h2-14H,15-17H2,1H3,(H3,32,33)(H,36,37). The lowest BCUT2D eigenvalue weighted by Crippen LogP contribution is -2.44. The Morgan fingerprint density at radius 3 is 2.44 bits per heavy atom. The number of nitrogen functional groups attached to an aromatic ring is 1. The number of hydrogen-bond acceptors (Lipinski definition) is 6. The molecule has 2 heterocycles. The van der Waals surface area contributed by atoms with E-state index in [4.69, 9.17) is 20.6 Å². The molecule has 2 aliphatic heterocycles. The van der Waals surface area contributed by atoms with Crippen molar-refractivity contribution in [3.63, 3.8) is 0 Å². The van der Waals surface area contributed by atoms with E-state index in [0.717, 1.165) is 16.3 Å². The predicted octanol–water partition coefficient (Wildman–Crippen LogP) is 4.43. The number of aromatic carboxylic acids is 1. The predicted molar refractivity (Wildman–Crippen MR) is 150 cm³/mol. The van der Waals surface area contributed by atoms with Crippen molar-refractivity contribution in [3.8, 4) is 11.5 Å². The molecule has 0 saturated carbocycles. The maximum atomic E-state index is 14.2. The summed E-state index contributed by atoms with van der Waals surface area (Å²) < 4.78 is 11.0. The van der Waals surface area contributed by atoms with E-state index in [1.54, 1.807) is 49.4 Å². The van der Waals surface area contributed by atoms with Crippen LogP contribution in [-0.2, 0) is 23.4 Å². The molecule has 206 valence electrons. The van der Waals surface area contributed by atoms with E-state index in [1.165, 1.54) is 21.9 Å². The van der Waals surface area contributed by atoms with Gasteiger partial charge in [-0.2, -0.15) is 0 Å². The molecule has 6 rings (SSSR count). The highest BCUT2D eigenvalue weighted by atomic mass is 16.7. The molecular formula is C31H26N4O6. The lowest BCUT2D eigenvalue weighted by atomic mass is 9.89. The number of amidine groups is 1. The zero-order valence-corrected chi connectivity index (χ0v) is 22.1. The van der Waals surface area contributed by atoms with Gasteiger partial charge in [0.25, 0.3) is 5.91 Å². The van der Waals surface area contributed by atoms with Gasteiger partial charge in [0.1, 0.15) is 11.4 Å². The van der Waals surface area contributed by atoms with E-state index < -0.39 is 23.4 Å². The summed E-state index contributed by atoms with van der Waals surface area (Å²) in [5.74, 6) is -0.531. The zero-order chi connectivity index (χ0) is 28.9. The van der Waals surface area contributed by atoms with Crippen LogP contribution in [-0.4, -0.2) is 45.4 Å². The molecule has 0 spiro atoms. The first-order chi connectivity index (χ1) is 19.6. The van der Waals surface area contributed by atoms with Gasteiger partial charge in [-0.25, -0.2) is 9.59 Å². The van der Waals surface area contributed by atoms with Gasteiger partial charge in [-0.05, 0) is 70.8 Å². The normalized spacial score (nSPS) is 17.9. The van der Waals surface area contributed by atoms with E-state index in [2.05, 4.69) is 0 Å². The van der Waals surface area contributed by atoms with Gasteiger partial charge in [0.15, 0.2) is 11.5 Å². The largest absolute Gasteiger partial charge is 0.478 e. The molecule has 10 heteroatoms. The molecule has 1 saturated heterocycles. The van der Waals surface area contributed by atoms with Gasteiger partial charge in [0, 0.05) is 12.1 Å². The van der Waals surface area contributed by atoms with Crippen molar-refractivity contribution in [3.05, 3.63) is 107 Å². The number of imide groups is 1. The van der Waals surface area contributed by atoms with Crippen LogP contribution < -0.4 is 15.2 Å². The molecule has 2 aliphatic rings. The number of carbonyl (C=O) groups excluding carboxylic acids is 2. The van der Waals surface area contributed by atoms with E-state index in [9.17, 15) is 19.5 Å². The van der Waals surface area contributed by atoms with Crippen LogP contribution in [0.5, 0.6) is 11.5 Å². The van der Waals surface area contributed by atoms with Crippen molar-refractivity contribution in [2.45, 2.75) is 25.6 Å². The molecule has 4 aromatic carbocycles. The molecule has 1 unspecified atom stereocenters. The van der Waals surface area contributed by atoms with Crippen LogP contribution in [0.1, 0.15) is 39.5 Å². The number of fused-ring (bicyclic) bond motifs is 2. The van der Waals surface area contributed by atoms with Crippen molar-refractivity contribution in [1.29, 1.82) is 5.41 Å². The Balaban J connectivity index is 1.40. The molecule has 10 nitrogen and oxygen atoms in total. The fraction of sp³-hybridized carbons (Fsp3) is 0.161. The topological polar surface area (TPSA) is 146 Å². The fourth-order valence-electron chi connectivity index (χ4n) is 5.38. The SMILES string of the molecule is CC1(c2ccc3c(c2)OCO3)C(=O)N(Cc2ccc3ccc(C(=N)N)cc3c2)C(=O)N1Cc1cccc(C(=O)O)c1. The smallest absolute Gasteiger partial charge is 0.335 e. The summed E-state index contributed by atoms with van der Waals surface area (Å²) in [5, 5.41) is 19.0. The maximum Gasteiger partial charge on any atom is 0.335 e. The summed E-state index contributed by atoms with van der Waals surface area (Å²) in [6, 6.07) is 22.0. The number of urea groups is 1. The fourth-order valence-corrected chi connectivity index (χ4v) is 5.38. The summed E-state index contributed by atoms with van der Waals surface area (Å²) in [4.78, 5) is 42.4. The first-order valence-electron chi connectivity index (χ1n) is 12.9. The summed E-state index contributed by atoms with van der Waals surface area (Å²) in [7, 11) is 0. The monoisotopic (exact) mass is 550 g/mol. The average molecular weight is 551 g/mol. The highest BCUT2D eigenvalue weighted by molar-refractivity contribution is 6.07. The maximum absolute atomic E-state index is 14.2. The number of nitrogens with zero attached hydrogens (tertiary/aromatic N) is 2. The highest BCUT2D eigenvalue weighted by Crippen LogP contribution is 2.43. The van der Waals surface area contributed by atoms with Crippen LogP contribution in [0.15, 0.2) is 78.9 Å². The van der Waals surface area contributed by atoms with Crippen LogP contribution in [0.4, 0.5) is 4.79 Å². The average Bonchev–Trinajstić information content (AvgIpc) is 3.51. The second-order valence-electron chi connectivity index (χ2n) is 10.2. The lowest BCUT2D eigenvalue weighted by molar-refractivity contribution is -0.133. The van der Waals surface area contributed by atoms with Crippen LogP contribution in [0.2, 0.25) is 0 Å². The molecule has 3 amide bonds. The number of carbonyl (C=O) groups is 3. The molecule has 1 atom stereocenters. The molecule has 4 aromatic rings. The molecule has 0 aromatic heterocycles. The minimum atomic E-state index is -1.41. The van der Waals surface area contributed by atoms with Crippen molar-refractivity contribution in [2.75, 3.05) is 6.79 Å². The highest BCUT2D eigenvalue weighted by Gasteiger charge is 2.55. The molecule has 41 heavy (non-hydrogen) atoms. The van der Waals surface area contributed by atoms with Gasteiger partial charge in [-0.15, -0.1) is 0 Å². The number of amides is 3. The minimum absolute atomic E-state index is 0.00677.